The molecule has 1 aliphatic carbocycles. The summed E-state index contributed by atoms with van der Waals surface area (Å²) in [4.78, 5) is 26.2. The predicted octanol–water partition coefficient (Wildman–Crippen LogP) is 4.66. The number of benzene rings is 2. The Balaban J connectivity index is 1.79. The van der Waals surface area contributed by atoms with Gasteiger partial charge in [0.25, 0.3) is 5.56 Å². The van der Waals surface area contributed by atoms with Crippen molar-refractivity contribution in [3.8, 4) is 11.3 Å². The van der Waals surface area contributed by atoms with Crippen LogP contribution in [0.5, 0.6) is 0 Å². The van der Waals surface area contributed by atoms with E-state index in [-0.39, 0.29) is 17.7 Å². The third kappa shape index (κ3) is 4.13. The number of anilines is 1. The van der Waals surface area contributed by atoms with E-state index in [0.717, 1.165) is 48.6 Å². The number of hydrogen-bond donors (Lipinski definition) is 1. The summed E-state index contributed by atoms with van der Waals surface area (Å²) in [6.45, 7) is 1.75. The number of hydrogen-bond acceptors (Lipinski definition) is 3. The van der Waals surface area contributed by atoms with E-state index in [1.807, 2.05) is 30.3 Å². The van der Waals surface area contributed by atoms with Crippen LogP contribution in [0, 0.1) is 11.6 Å². The second-order valence-corrected chi connectivity index (χ2v) is 7.67. The monoisotopic (exact) mass is 423 g/mol. The summed E-state index contributed by atoms with van der Waals surface area (Å²) in [6.07, 6.45) is 3.54. The van der Waals surface area contributed by atoms with E-state index in [4.69, 9.17) is 0 Å². The first kappa shape index (κ1) is 20.9. The summed E-state index contributed by atoms with van der Waals surface area (Å²) in [6, 6.07) is 11.4. The molecule has 0 fully saturated rings. The molecule has 0 saturated carbocycles. The van der Waals surface area contributed by atoms with E-state index >= 15 is 0 Å². The highest BCUT2D eigenvalue weighted by atomic mass is 19.1. The van der Waals surface area contributed by atoms with E-state index in [1.54, 1.807) is 6.92 Å². The first-order chi connectivity index (χ1) is 15.0. The standard InChI is InChI=1S/C24H23F2N3O2/c1-2-21(23(30)27-20-14-16(25)12-13-19(20)26)29-24(31)18-11-7-6-10-17(18)22(28-29)15-8-4-3-5-9-15/h3-5,8-9,12-14,21H,2,6-7,10-11H2,1H3,(H,27,30). The van der Waals surface area contributed by atoms with Gasteiger partial charge >= 0.3 is 0 Å². The van der Waals surface area contributed by atoms with Crippen LogP contribution in [0.4, 0.5) is 14.5 Å². The van der Waals surface area contributed by atoms with E-state index in [0.29, 0.717) is 17.7 Å². The lowest BCUT2D eigenvalue weighted by atomic mass is 9.89. The zero-order valence-electron chi connectivity index (χ0n) is 17.2. The summed E-state index contributed by atoms with van der Waals surface area (Å²) in [5.41, 5.74) is 2.63. The average molecular weight is 423 g/mol. The Morgan fingerprint density at radius 3 is 2.52 bits per heavy atom. The van der Waals surface area contributed by atoms with Crippen molar-refractivity contribution < 1.29 is 13.6 Å². The molecule has 1 atom stereocenters. The SMILES string of the molecule is CCC(C(=O)Nc1cc(F)ccc1F)n1nc(-c2ccccc2)c2c(c1=O)CCCC2. The van der Waals surface area contributed by atoms with Crippen molar-refractivity contribution in [1.29, 1.82) is 0 Å². The lowest BCUT2D eigenvalue weighted by Crippen LogP contribution is -2.38. The van der Waals surface area contributed by atoms with Crippen molar-refractivity contribution in [2.75, 3.05) is 5.32 Å². The summed E-state index contributed by atoms with van der Waals surface area (Å²) in [5.74, 6) is -2.03. The molecular formula is C24H23F2N3O2. The molecule has 1 amide bonds. The van der Waals surface area contributed by atoms with Crippen LogP contribution in [0.3, 0.4) is 0 Å². The van der Waals surface area contributed by atoms with Gasteiger partial charge in [0, 0.05) is 17.2 Å². The van der Waals surface area contributed by atoms with Crippen LogP contribution in [-0.2, 0) is 17.6 Å². The molecule has 4 rings (SSSR count). The Bertz CT molecular complexity index is 1180. The van der Waals surface area contributed by atoms with Gasteiger partial charge in [-0.2, -0.15) is 5.10 Å². The minimum atomic E-state index is -0.954. The summed E-state index contributed by atoms with van der Waals surface area (Å²) >= 11 is 0. The van der Waals surface area contributed by atoms with Gasteiger partial charge < -0.3 is 5.32 Å². The molecule has 3 aromatic rings. The van der Waals surface area contributed by atoms with Gasteiger partial charge in [-0.15, -0.1) is 0 Å². The first-order valence-electron chi connectivity index (χ1n) is 10.5. The van der Waals surface area contributed by atoms with Crippen LogP contribution in [0.25, 0.3) is 11.3 Å². The third-order valence-corrected chi connectivity index (χ3v) is 5.65. The first-order valence-corrected chi connectivity index (χ1v) is 10.5. The van der Waals surface area contributed by atoms with Gasteiger partial charge in [-0.3, -0.25) is 9.59 Å². The van der Waals surface area contributed by atoms with Crippen molar-refractivity contribution >= 4 is 11.6 Å². The molecule has 0 spiro atoms. The van der Waals surface area contributed by atoms with Crippen LogP contribution >= 0.6 is 0 Å². The molecule has 1 heterocycles. The Hall–Kier alpha value is -3.35. The molecule has 2 aromatic carbocycles. The highest BCUT2D eigenvalue weighted by Crippen LogP contribution is 2.29. The Morgan fingerprint density at radius 1 is 1.10 bits per heavy atom. The number of nitrogens with zero attached hydrogens (tertiary/aromatic N) is 2. The highest BCUT2D eigenvalue weighted by Gasteiger charge is 2.27. The fourth-order valence-corrected chi connectivity index (χ4v) is 4.07. The minimum Gasteiger partial charge on any atom is -0.322 e. The minimum absolute atomic E-state index is 0.266. The van der Waals surface area contributed by atoms with Crippen molar-refractivity contribution in [3.63, 3.8) is 0 Å². The Morgan fingerprint density at radius 2 is 1.81 bits per heavy atom. The van der Waals surface area contributed by atoms with Gasteiger partial charge in [0.15, 0.2) is 0 Å². The van der Waals surface area contributed by atoms with Crippen molar-refractivity contribution in [2.24, 2.45) is 0 Å². The fraction of sp³-hybridized carbons (Fsp3) is 0.292. The molecule has 7 heteroatoms. The highest BCUT2D eigenvalue weighted by molar-refractivity contribution is 5.93. The van der Waals surface area contributed by atoms with Crippen LogP contribution in [0.1, 0.15) is 43.4 Å². The molecular weight excluding hydrogens is 400 g/mol. The van der Waals surface area contributed by atoms with Crippen LogP contribution in [-0.4, -0.2) is 15.7 Å². The van der Waals surface area contributed by atoms with Crippen molar-refractivity contribution in [1.82, 2.24) is 9.78 Å². The molecule has 0 saturated heterocycles. The molecule has 1 N–H and O–H groups in total. The van der Waals surface area contributed by atoms with Crippen LogP contribution < -0.4 is 10.9 Å². The van der Waals surface area contributed by atoms with Gasteiger partial charge in [0.05, 0.1) is 11.4 Å². The molecule has 31 heavy (non-hydrogen) atoms. The maximum atomic E-state index is 14.0. The molecule has 1 unspecified atom stereocenters. The molecule has 1 aromatic heterocycles. The largest absolute Gasteiger partial charge is 0.322 e. The smallest absolute Gasteiger partial charge is 0.271 e. The Labute approximate surface area is 178 Å². The van der Waals surface area contributed by atoms with Gasteiger partial charge in [-0.1, -0.05) is 37.3 Å². The molecule has 0 radical (unpaired) electrons. The van der Waals surface area contributed by atoms with Crippen LogP contribution in [0.2, 0.25) is 0 Å². The lowest BCUT2D eigenvalue weighted by molar-refractivity contribution is -0.119. The van der Waals surface area contributed by atoms with E-state index in [1.165, 1.54) is 4.68 Å². The second-order valence-electron chi connectivity index (χ2n) is 7.67. The summed E-state index contributed by atoms with van der Waals surface area (Å²) in [7, 11) is 0. The molecule has 160 valence electrons. The Kier molecular flexibility index (Phi) is 5.93. The average Bonchev–Trinajstić information content (AvgIpc) is 2.79. The number of aromatic nitrogens is 2. The molecule has 5 nitrogen and oxygen atoms in total. The second kappa shape index (κ2) is 8.79. The number of nitrogens with one attached hydrogen (secondary N) is 1. The molecule has 0 aliphatic heterocycles. The molecule has 0 bridgehead atoms. The number of amides is 1. The van der Waals surface area contributed by atoms with Crippen molar-refractivity contribution in [2.45, 2.75) is 45.1 Å². The van der Waals surface area contributed by atoms with Crippen molar-refractivity contribution in [3.05, 3.63) is 81.6 Å². The normalized spacial score (nSPS) is 14.0. The number of carbonyl (C=O) groups is 1. The molecule has 1 aliphatic rings. The summed E-state index contributed by atoms with van der Waals surface area (Å²) < 4.78 is 28.7. The third-order valence-electron chi connectivity index (χ3n) is 5.65. The number of rotatable bonds is 5. The lowest BCUT2D eigenvalue weighted by Gasteiger charge is -2.23. The quantitative estimate of drug-likeness (QED) is 0.649. The number of fused-ring (bicyclic) bond motifs is 1. The van der Waals surface area contributed by atoms with Gasteiger partial charge in [0.2, 0.25) is 5.91 Å². The zero-order chi connectivity index (χ0) is 22.0. The number of halogens is 2. The van der Waals surface area contributed by atoms with Crippen LogP contribution in [0.15, 0.2) is 53.3 Å². The topological polar surface area (TPSA) is 64.0 Å². The summed E-state index contributed by atoms with van der Waals surface area (Å²) in [5, 5.41) is 7.02. The van der Waals surface area contributed by atoms with E-state index in [2.05, 4.69) is 10.4 Å². The number of carbonyl (C=O) groups excluding carboxylic acids is 1. The van der Waals surface area contributed by atoms with E-state index in [9.17, 15) is 18.4 Å². The predicted molar refractivity (Wildman–Crippen MR) is 115 cm³/mol. The zero-order valence-corrected chi connectivity index (χ0v) is 17.2. The van der Waals surface area contributed by atoms with Gasteiger partial charge in [0.1, 0.15) is 17.7 Å². The fourth-order valence-electron chi connectivity index (χ4n) is 4.07. The van der Waals surface area contributed by atoms with Gasteiger partial charge in [-0.25, -0.2) is 13.5 Å². The maximum absolute atomic E-state index is 14.0. The van der Waals surface area contributed by atoms with Gasteiger partial charge in [-0.05, 0) is 49.8 Å². The van der Waals surface area contributed by atoms with E-state index < -0.39 is 23.6 Å². The maximum Gasteiger partial charge on any atom is 0.271 e.